The molecule has 44 heavy (non-hydrogen) atoms. The molecule has 0 fully saturated rings. The van der Waals surface area contributed by atoms with E-state index in [4.69, 9.17) is 21.3 Å². The molecule has 2 aliphatic rings. The van der Waals surface area contributed by atoms with Gasteiger partial charge in [0.1, 0.15) is 28.6 Å². The number of tetrazole rings is 1. The van der Waals surface area contributed by atoms with Crippen LogP contribution in [0.1, 0.15) is 51.3 Å². The quantitative estimate of drug-likeness (QED) is 0.197. The summed E-state index contributed by atoms with van der Waals surface area (Å²) in [4.78, 5) is 39.7. The third-order valence-electron chi connectivity index (χ3n) is 8.11. The molecule has 0 saturated heterocycles. The molecule has 1 atom stereocenters. The molecule has 1 N–H and O–H groups in total. The number of aromatic amines is 1. The molecule has 0 spiro atoms. The minimum absolute atomic E-state index is 0.194. The Labute approximate surface area is 259 Å². The van der Waals surface area contributed by atoms with E-state index in [9.17, 15) is 9.59 Å². The van der Waals surface area contributed by atoms with Gasteiger partial charge in [-0.3, -0.25) is 9.36 Å². The van der Waals surface area contributed by atoms with Gasteiger partial charge in [-0.25, -0.2) is 14.8 Å². The SMILES string of the molecule is O=C(Oc1ccc2c(c1)CCC2)c1cc(-c2cnc([C@@H]3CCc4nc(-c5cc(Cl)ccc5-n5cnnn5)cc(=O)n43)[nH]2)cs1. The Morgan fingerprint density at radius 3 is 2.86 bits per heavy atom. The number of hydrogen-bond acceptors (Lipinski definition) is 9. The summed E-state index contributed by atoms with van der Waals surface area (Å²) in [5, 5.41) is 13.8. The maximum Gasteiger partial charge on any atom is 0.353 e. The van der Waals surface area contributed by atoms with E-state index in [-0.39, 0.29) is 17.6 Å². The molecule has 0 saturated carbocycles. The van der Waals surface area contributed by atoms with Crippen LogP contribution in [0, 0.1) is 0 Å². The van der Waals surface area contributed by atoms with Crippen molar-refractivity contribution in [1.82, 2.24) is 39.7 Å². The maximum absolute atomic E-state index is 13.5. The lowest BCUT2D eigenvalue weighted by molar-refractivity contribution is 0.0739. The number of hydrogen-bond donors (Lipinski definition) is 1. The van der Waals surface area contributed by atoms with E-state index in [1.807, 2.05) is 23.6 Å². The Balaban J connectivity index is 1.04. The predicted octanol–water partition coefficient (Wildman–Crippen LogP) is 5.23. The molecular formula is C31H23ClN8O3S. The number of esters is 1. The van der Waals surface area contributed by atoms with Gasteiger partial charge in [-0.15, -0.1) is 16.4 Å². The molecule has 13 heteroatoms. The van der Waals surface area contributed by atoms with Gasteiger partial charge in [0.05, 0.1) is 29.3 Å². The number of H-pyrrole nitrogens is 1. The molecule has 0 amide bonds. The number of carbonyl (C=O) groups is 1. The van der Waals surface area contributed by atoms with Crippen molar-refractivity contribution >= 4 is 28.9 Å². The van der Waals surface area contributed by atoms with Crippen molar-refractivity contribution in [3.05, 3.63) is 109 Å². The summed E-state index contributed by atoms with van der Waals surface area (Å²) in [6.07, 6.45) is 7.70. The first kappa shape index (κ1) is 26.7. The van der Waals surface area contributed by atoms with Crippen LogP contribution in [-0.4, -0.2) is 45.7 Å². The third kappa shape index (κ3) is 4.72. The number of rotatable bonds is 6. The number of imidazole rings is 1. The molecule has 1 aliphatic carbocycles. The summed E-state index contributed by atoms with van der Waals surface area (Å²) in [5.41, 5.74) is 5.77. The number of fused-ring (bicyclic) bond motifs is 2. The molecule has 11 nitrogen and oxygen atoms in total. The Hall–Kier alpha value is -4.94. The second-order valence-electron chi connectivity index (χ2n) is 10.8. The Morgan fingerprint density at radius 2 is 1.98 bits per heavy atom. The highest BCUT2D eigenvalue weighted by Gasteiger charge is 2.29. The topological polar surface area (TPSA) is 133 Å². The van der Waals surface area contributed by atoms with Gasteiger partial charge in [0.25, 0.3) is 5.56 Å². The number of halogens is 1. The monoisotopic (exact) mass is 622 g/mol. The van der Waals surface area contributed by atoms with Crippen LogP contribution in [0.25, 0.3) is 28.2 Å². The molecule has 2 aromatic carbocycles. The summed E-state index contributed by atoms with van der Waals surface area (Å²) >= 11 is 7.62. The second-order valence-corrected chi connectivity index (χ2v) is 12.1. The van der Waals surface area contributed by atoms with Crippen LogP contribution < -0.4 is 10.3 Å². The van der Waals surface area contributed by atoms with E-state index in [0.29, 0.717) is 57.1 Å². The van der Waals surface area contributed by atoms with Gasteiger partial charge < -0.3 is 9.72 Å². The Kier molecular flexibility index (Phi) is 6.46. The van der Waals surface area contributed by atoms with Crippen molar-refractivity contribution in [3.63, 3.8) is 0 Å². The summed E-state index contributed by atoms with van der Waals surface area (Å²) < 4.78 is 8.86. The largest absolute Gasteiger partial charge is 0.422 e. The molecule has 6 aromatic rings. The minimum Gasteiger partial charge on any atom is -0.422 e. The molecular weight excluding hydrogens is 600 g/mol. The van der Waals surface area contributed by atoms with Gasteiger partial charge in [0, 0.05) is 34.0 Å². The number of aromatic nitrogens is 8. The van der Waals surface area contributed by atoms with Crippen LogP contribution in [0.3, 0.4) is 0 Å². The van der Waals surface area contributed by atoms with Crippen LogP contribution in [0.5, 0.6) is 5.75 Å². The molecule has 5 heterocycles. The van der Waals surface area contributed by atoms with Gasteiger partial charge in [-0.1, -0.05) is 17.7 Å². The molecule has 0 bridgehead atoms. The predicted molar refractivity (Wildman–Crippen MR) is 163 cm³/mol. The van der Waals surface area contributed by atoms with E-state index >= 15 is 0 Å². The lowest BCUT2D eigenvalue weighted by Gasteiger charge is -2.14. The highest BCUT2D eigenvalue weighted by molar-refractivity contribution is 7.12. The fraction of sp³-hybridized carbons (Fsp3) is 0.194. The normalized spacial score (nSPS) is 15.3. The number of carbonyl (C=O) groups excluding carboxylic acids is 1. The van der Waals surface area contributed by atoms with Crippen molar-refractivity contribution in [1.29, 1.82) is 0 Å². The first-order valence-electron chi connectivity index (χ1n) is 14.1. The van der Waals surface area contributed by atoms with Gasteiger partial charge in [0.2, 0.25) is 0 Å². The van der Waals surface area contributed by atoms with Crippen molar-refractivity contribution < 1.29 is 9.53 Å². The van der Waals surface area contributed by atoms with E-state index < -0.39 is 0 Å². The van der Waals surface area contributed by atoms with Crippen molar-refractivity contribution in [3.8, 4) is 34.0 Å². The van der Waals surface area contributed by atoms with Crippen LogP contribution in [0.2, 0.25) is 5.02 Å². The van der Waals surface area contributed by atoms with Crippen LogP contribution in [0.15, 0.2) is 71.2 Å². The van der Waals surface area contributed by atoms with Gasteiger partial charge in [0.15, 0.2) is 0 Å². The summed E-state index contributed by atoms with van der Waals surface area (Å²) in [7, 11) is 0. The minimum atomic E-state index is -0.389. The average molecular weight is 623 g/mol. The highest BCUT2D eigenvalue weighted by Crippen LogP contribution is 2.34. The first-order valence-corrected chi connectivity index (χ1v) is 15.4. The maximum atomic E-state index is 13.5. The number of thiophene rings is 1. The average Bonchev–Trinajstić information content (AvgIpc) is 3.86. The van der Waals surface area contributed by atoms with Crippen LogP contribution in [-0.2, 0) is 19.3 Å². The molecule has 0 radical (unpaired) electrons. The van der Waals surface area contributed by atoms with E-state index in [1.54, 1.807) is 35.0 Å². The fourth-order valence-electron chi connectivity index (χ4n) is 6.03. The summed E-state index contributed by atoms with van der Waals surface area (Å²) in [6.45, 7) is 0. The zero-order valence-electron chi connectivity index (χ0n) is 23.1. The van der Waals surface area contributed by atoms with E-state index in [0.717, 1.165) is 30.5 Å². The molecule has 0 unspecified atom stereocenters. The zero-order valence-corrected chi connectivity index (χ0v) is 24.7. The summed E-state index contributed by atoms with van der Waals surface area (Å²) in [5.74, 6) is 1.49. The fourth-order valence-corrected chi connectivity index (χ4v) is 6.99. The lowest BCUT2D eigenvalue weighted by Crippen LogP contribution is -2.25. The van der Waals surface area contributed by atoms with Crippen LogP contribution in [0.4, 0.5) is 0 Å². The van der Waals surface area contributed by atoms with E-state index in [2.05, 4.69) is 25.5 Å². The van der Waals surface area contributed by atoms with Crippen molar-refractivity contribution in [2.45, 2.75) is 38.1 Å². The smallest absolute Gasteiger partial charge is 0.353 e. The zero-order chi connectivity index (χ0) is 29.8. The molecule has 4 aromatic heterocycles. The standard InChI is InChI=1S/C31H23ClN8O3S/c32-20-5-7-25(39-16-34-37-38-39)22(12-20)23-13-29(41)40-26(8-9-28(40)35-23)30-33-14-24(36-30)19-11-27(44-15-19)31(42)43-21-6-4-17-2-1-3-18(17)10-21/h4-7,10-16,26H,1-3,8-9H2,(H,33,36)/t26-/m0/s1. The van der Waals surface area contributed by atoms with Gasteiger partial charge in [-0.2, -0.15) is 4.68 Å². The number of nitrogens with zero attached hydrogens (tertiary/aromatic N) is 7. The first-order chi connectivity index (χ1) is 21.5. The number of aryl methyl sites for hydroxylation is 3. The second kappa shape index (κ2) is 10.6. The number of ether oxygens (including phenoxy) is 1. The molecule has 8 rings (SSSR count). The summed E-state index contributed by atoms with van der Waals surface area (Å²) in [6, 6.07) is 14.2. The number of nitrogens with one attached hydrogen (secondary N) is 1. The Bertz CT molecular complexity index is 2120. The lowest BCUT2D eigenvalue weighted by atomic mass is 10.1. The van der Waals surface area contributed by atoms with Crippen LogP contribution >= 0.6 is 22.9 Å². The van der Waals surface area contributed by atoms with E-state index in [1.165, 1.54) is 39.5 Å². The number of benzene rings is 2. The Morgan fingerprint density at radius 1 is 1.07 bits per heavy atom. The highest BCUT2D eigenvalue weighted by atomic mass is 35.5. The van der Waals surface area contributed by atoms with Crippen molar-refractivity contribution in [2.75, 3.05) is 0 Å². The molecule has 218 valence electrons. The van der Waals surface area contributed by atoms with Crippen molar-refractivity contribution in [2.24, 2.45) is 0 Å². The molecule has 1 aliphatic heterocycles. The van der Waals surface area contributed by atoms with Gasteiger partial charge in [-0.05, 0) is 83.6 Å². The third-order valence-corrected chi connectivity index (χ3v) is 9.26. The van der Waals surface area contributed by atoms with Gasteiger partial charge >= 0.3 is 5.97 Å².